The van der Waals surface area contributed by atoms with E-state index in [0.717, 1.165) is 18.8 Å². The molecule has 1 aliphatic rings. The second-order valence-electron chi connectivity index (χ2n) is 7.69. The van der Waals surface area contributed by atoms with Gasteiger partial charge in [0.05, 0.1) is 0 Å². The monoisotopic (exact) mass is 327 g/mol. The van der Waals surface area contributed by atoms with Gasteiger partial charge in [0, 0.05) is 17.8 Å². The fourth-order valence-corrected chi connectivity index (χ4v) is 4.06. The molecule has 0 saturated heterocycles. The maximum absolute atomic E-state index is 4.78. The van der Waals surface area contributed by atoms with Crippen LogP contribution in [0.15, 0.2) is 31.0 Å². The molecule has 0 unspecified atom stereocenters. The number of aryl methyl sites for hydroxylation is 1. The van der Waals surface area contributed by atoms with Gasteiger partial charge in [-0.25, -0.2) is 0 Å². The van der Waals surface area contributed by atoms with E-state index in [1.54, 1.807) is 0 Å². The smallest absolute Gasteiger partial charge is 0.0434 e. The van der Waals surface area contributed by atoms with Gasteiger partial charge in [-0.1, -0.05) is 57.6 Å². The van der Waals surface area contributed by atoms with Gasteiger partial charge in [0.25, 0.3) is 0 Å². The van der Waals surface area contributed by atoms with Gasteiger partial charge in [-0.3, -0.25) is 4.98 Å². The zero-order valence-corrected chi connectivity index (χ0v) is 15.8. The summed E-state index contributed by atoms with van der Waals surface area (Å²) in [5, 5.41) is 0. The summed E-state index contributed by atoms with van der Waals surface area (Å²) in [5.74, 6) is 1.70. The van der Waals surface area contributed by atoms with Gasteiger partial charge in [-0.2, -0.15) is 0 Å². The minimum absolute atomic E-state index is 0.712. The molecule has 1 fully saturated rings. The molecule has 0 aromatic carbocycles. The van der Waals surface area contributed by atoms with E-state index >= 15 is 0 Å². The first-order valence-electron chi connectivity index (χ1n) is 10.4. The van der Waals surface area contributed by atoms with Crippen LogP contribution in [0.4, 0.5) is 0 Å². The second kappa shape index (κ2) is 11.4. The first kappa shape index (κ1) is 19.2. The molecule has 1 heterocycles. The van der Waals surface area contributed by atoms with Crippen molar-refractivity contribution < 1.29 is 0 Å². The third-order valence-electron chi connectivity index (χ3n) is 5.70. The van der Waals surface area contributed by atoms with Crippen molar-refractivity contribution in [2.45, 2.75) is 96.3 Å². The van der Waals surface area contributed by atoms with Crippen LogP contribution in [0.2, 0.25) is 0 Å². The molecule has 1 aliphatic carbocycles. The Morgan fingerprint density at radius 1 is 1.04 bits per heavy atom. The van der Waals surface area contributed by atoms with Crippen LogP contribution in [0, 0.1) is 5.92 Å². The lowest BCUT2D eigenvalue weighted by Gasteiger charge is -2.28. The van der Waals surface area contributed by atoms with Crippen molar-refractivity contribution in [2.24, 2.45) is 5.92 Å². The molecule has 0 aliphatic heterocycles. The average molecular weight is 328 g/mol. The van der Waals surface area contributed by atoms with Gasteiger partial charge in [0.2, 0.25) is 0 Å². The van der Waals surface area contributed by atoms with Crippen LogP contribution in [0.3, 0.4) is 0 Å². The lowest BCUT2D eigenvalue weighted by molar-refractivity contribution is 0.299. The minimum atomic E-state index is 0.712. The predicted octanol–water partition coefficient (Wildman–Crippen LogP) is 7.22. The summed E-state index contributed by atoms with van der Waals surface area (Å²) in [6, 6.07) is 4.59. The van der Waals surface area contributed by atoms with Crippen LogP contribution < -0.4 is 0 Å². The van der Waals surface area contributed by atoms with E-state index in [-0.39, 0.29) is 0 Å². The highest BCUT2D eigenvalue weighted by Gasteiger charge is 2.22. The van der Waals surface area contributed by atoms with E-state index < -0.39 is 0 Å². The molecule has 134 valence electrons. The molecule has 0 spiro atoms. The maximum Gasteiger partial charge on any atom is 0.0434 e. The molecular formula is C23H37N. The predicted molar refractivity (Wildman–Crippen MR) is 105 cm³/mol. The normalized spacial score (nSPS) is 20.9. The Labute approximate surface area is 150 Å². The topological polar surface area (TPSA) is 12.9 Å². The zero-order valence-electron chi connectivity index (χ0n) is 15.8. The Balaban J connectivity index is 1.67. The summed E-state index contributed by atoms with van der Waals surface area (Å²) >= 11 is 0. The number of hydrogen-bond acceptors (Lipinski definition) is 1. The molecule has 0 N–H and O–H groups in total. The molecule has 0 bridgehead atoms. The Bertz CT molecular complexity index is 440. The van der Waals surface area contributed by atoms with E-state index in [2.05, 4.69) is 31.8 Å². The lowest BCUT2D eigenvalue weighted by Crippen LogP contribution is -2.14. The SMILES string of the molecule is C=CCCCc1ccc(C2CCC(CCCCCCC)CC2)nc1. The van der Waals surface area contributed by atoms with Crippen LogP contribution in [-0.4, -0.2) is 4.98 Å². The van der Waals surface area contributed by atoms with E-state index in [1.807, 2.05) is 6.08 Å². The van der Waals surface area contributed by atoms with Crippen molar-refractivity contribution in [1.29, 1.82) is 0 Å². The van der Waals surface area contributed by atoms with E-state index in [0.29, 0.717) is 5.92 Å². The van der Waals surface area contributed by atoms with Gasteiger partial charge in [0.1, 0.15) is 0 Å². The maximum atomic E-state index is 4.78. The number of hydrogen-bond donors (Lipinski definition) is 0. The molecule has 0 atom stereocenters. The highest BCUT2D eigenvalue weighted by molar-refractivity contribution is 5.17. The molecule has 1 saturated carbocycles. The zero-order chi connectivity index (χ0) is 17.0. The summed E-state index contributed by atoms with van der Waals surface area (Å²) < 4.78 is 0. The van der Waals surface area contributed by atoms with Gasteiger partial charge in [0.15, 0.2) is 0 Å². The van der Waals surface area contributed by atoms with Gasteiger partial charge in [-0.15, -0.1) is 6.58 Å². The van der Waals surface area contributed by atoms with Crippen LogP contribution in [0.1, 0.15) is 101 Å². The molecular weight excluding hydrogens is 290 g/mol. The van der Waals surface area contributed by atoms with Gasteiger partial charge < -0.3 is 0 Å². The van der Waals surface area contributed by atoms with Gasteiger partial charge in [-0.05, 0) is 62.5 Å². The fourth-order valence-electron chi connectivity index (χ4n) is 4.06. The van der Waals surface area contributed by atoms with Gasteiger partial charge >= 0.3 is 0 Å². The summed E-state index contributed by atoms with van der Waals surface area (Å²) in [6.45, 7) is 6.08. The average Bonchev–Trinajstić information content (AvgIpc) is 2.63. The van der Waals surface area contributed by atoms with Crippen LogP contribution in [0.25, 0.3) is 0 Å². The number of unbranched alkanes of at least 4 members (excludes halogenated alkanes) is 5. The number of nitrogens with zero attached hydrogens (tertiary/aromatic N) is 1. The standard InChI is InChI=1S/C23H37N/c1-3-5-7-8-10-11-20-13-16-22(17-14-20)23-18-15-21(19-24-23)12-9-6-4-2/h4,15,18-20,22H,2-3,5-14,16-17H2,1H3. The Kier molecular flexibility index (Phi) is 9.16. The molecule has 2 rings (SSSR count). The number of pyridine rings is 1. The number of aromatic nitrogens is 1. The Morgan fingerprint density at radius 3 is 2.50 bits per heavy atom. The van der Waals surface area contributed by atoms with Crippen LogP contribution in [0.5, 0.6) is 0 Å². The minimum Gasteiger partial charge on any atom is -0.261 e. The first-order valence-corrected chi connectivity index (χ1v) is 10.4. The summed E-state index contributed by atoms with van der Waals surface area (Å²) in [7, 11) is 0. The van der Waals surface area contributed by atoms with Crippen molar-refractivity contribution in [3.05, 3.63) is 42.2 Å². The molecule has 1 aromatic rings. The Morgan fingerprint density at radius 2 is 1.83 bits per heavy atom. The Hall–Kier alpha value is -1.11. The molecule has 24 heavy (non-hydrogen) atoms. The van der Waals surface area contributed by atoms with E-state index in [1.165, 1.54) is 81.9 Å². The van der Waals surface area contributed by atoms with E-state index in [4.69, 9.17) is 4.98 Å². The van der Waals surface area contributed by atoms with E-state index in [9.17, 15) is 0 Å². The summed E-state index contributed by atoms with van der Waals surface area (Å²) in [5.41, 5.74) is 2.71. The molecule has 0 radical (unpaired) electrons. The lowest BCUT2D eigenvalue weighted by atomic mass is 9.78. The largest absolute Gasteiger partial charge is 0.261 e. The fraction of sp³-hybridized carbons (Fsp3) is 0.696. The first-order chi connectivity index (χ1) is 11.8. The number of rotatable bonds is 11. The highest BCUT2D eigenvalue weighted by Crippen LogP contribution is 2.37. The van der Waals surface area contributed by atoms with Crippen molar-refractivity contribution in [3.63, 3.8) is 0 Å². The van der Waals surface area contributed by atoms with Crippen molar-refractivity contribution in [2.75, 3.05) is 0 Å². The van der Waals surface area contributed by atoms with Crippen LogP contribution in [-0.2, 0) is 6.42 Å². The number of allylic oxidation sites excluding steroid dienone is 1. The second-order valence-corrected chi connectivity index (χ2v) is 7.69. The van der Waals surface area contributed by atoms with Crippen molar-refractivity contribution in [1.82, 2.24) is 4.98 Å². The molecule has 1 aromatic heterocycles. The quantitative estimate of drug-likeness (QED) is 0.309. The summed E-state index contributed by atoms with van der Waals surface area (Å²) in [6.07, 6.45) is 21.6. The molecule has 0 amide bonds. The summed E-state index contributed by atoms with van der Waals surface area (Å²) in [4.78, 5) is 4.78. The van der Waals surface area contributed by atoms with Crippen LogP contribution >= 0.6 is 0 Å². The molecule has 1 heteroatoms. The van der Waals surface area contributed by atoms with Crippen molar-refractivity contribution >= 4 is 0 Å². The third kappa shape index (κ3) is 6.79. The third-order valence-corrected chi connectivity index (χ3v) is 5.70. The molecule has 1 nitrogen and oxygen atoms in total. The highest BCUT2D eigenvalue weighted by atomic mass is 14.7. The van der Waals surface area contributed by atoms with Crippen molar-refractivity contribution in [3.8, 4) is 0 Å².